The number of benzene rings is 1. The van der Waals surface area contributed by atoms with Crippen LogP contribution < -0.4 is 0 Å². The number of rotatable bonds is 0. The van der Waals surface area contributed by atoms with E-state index in [4.69, 9.17) is 0 Å². The summed E-state index contributed by atoms with van der Waals surface area (Å²) in [7, 11) is 0. The predicted octanol–water partition coefficient (Wildman–Crippen LogP) is 5.02. The van der Waals surface area contributed by atoms with Gasteiger partial charge in [-0.15, -0.1) is 0 Å². The van der Waals surface area contributed by atoms with E-state index >= 15 is 0 Å². The summed E-state index contributed by atoms with van der Waals surface area (Å²) < 4.78 is 164. The van der Waals surface area contributed by atoms with Gasteiger partial charge in [-0.3, -0.25) is 0 Å². The van der Waals surface area contributed by atoms with Crippen LogP contribution >= 0.6 is 0 Å². The van der Waals surface area contributed by atoms with E-state index < -0.39 is 69.2 Å². The summed E-state index contributed by atoms with van der Waals surface area (Å²) in [6.45, 7) is 0. The lowest BCUT2D eigenvalue weighted by molar-refractivity contribution is -0.337. The minimum atomic E-state index is -6.49. The first-order valence-electron chi connectivity index (χ1n) is 5.77. The van der Waals surface area contributed by atoms with Crippen molar-refractivity contribution in [3.05, 3.63) is 46.0 Å². The van der Waals surface area contributed by atoms with E-state index in [-0.39, 0.29) is 0 Å². The van der Waals surface area contributed by atoms with Gasteiger partial charge in [-0.1, -0.05) is 0 Å². The van der Waals surface area contributed by atoms with Crippen LogP contribution in [0.25, 0.3) is 0 Å². The van der Waals surface area contributed by atoms with Crippen LogP contribution in [0.3, 0.4) is 0 Å². The largest absolute Gasteiger partial charge is 0.358 e. The van der Waals surface area contributed by atoms with Gasteiger partial charge in [0.15, 0.2) is 34.9 Å². The summed E-state index contributed by atoms with van der Waals surface area (Å²) in [6, 6.07) is 0. The Morgan fingerprint density at radius 2 is 0.667 bits per heavy atom. The fourth-order valence-electron chi connectivity index (χ4n) is 2.82. The Hall–Kier alpha value is -1.88. The van der Waals surface area contributed by atoms with Crippen molar-refractivity contribution in [2.75, 3.05) is 0 Å². The average Bonchev–Trinajstić information content (AvgIpc) is 2.50. The third-order valence-corrected chi connectivity index (χ3v) is 4.01. The van der Waals surface area contributed by atoms with Gasteiger partial charge in [-0.25, -0.2) is 35.1 Å². The molecule has 2 atom stereocenters. The molecule has 0 nitrogen and oxygen atoms in total. The zero-order valence-corrected chi connectivity index (χ0v) is 10.5. The number of allylic oxidation sites excluding steroid dienone is 2. The Balaban J connectivity index is 2.68. The zero-order valence-electron chi connectivity index (χ0n) is 10.5. The van der Waals surface area contributed by atoms with Gasteiger partial charge in [0.25, 0.3) is 11.3 Å². The van der Waals surface area contributed by atoms with Crippen molar-refractivity contribution < 1.29 is 52.7 Å². The first-order valence-corrected chi connectivity index (χ1v) is 5.77. The van der Waals surface area contributed by atoms with E-state index in [1.165, 1.54) is 0 Å². The smallest absolute Gasteiger partial charge is 0.223 e. The maximum Gasteiger partial charge on any atom is 0.358 e. The van der Waals surface area contributed by atoms with Crippen LogP contribution in [-0.4, -0.2) is 11.8 Å². The molecular formula is C12F12. The normalized spacial score (nSPS) is 33.0. The third-order valence-electron chi connectivity index (χ3n) is 4.01. The molecule has 132 valence electrons. The van der Waals surface area contributed by atoms with Gasteiger partial charge >= 0.3 is 11.8 Å². The predicted molar refractivity (Wildman–Crippen MR) is 51.0 cm³/mol. The molecule has 24 heavy (non-hydrogen) atoms. The molecule has 1 aromatic carbocycles. The SMILES string of the molecule is FC1=C(F)C2(F)c3c(F)c(F)c(F)c(F)c3C1(F)C(F)(F)C2(F)F. The summed E-state index contributed by atoms with van der Waals surface area (Å²) in [5.74, 6) is -32.2. The monoisotopic (exact) mass is 372 g/mol. The Kier molecular flexibility index (Phi) is 2.84. The minimum Gasteiger partial charge on any atom is -0.223 e. The van der Waals surface area contributed by atoms with Crippen LogP contribution in [0.5, 0.6) is 0 Å². The van der Waals surface area contributed by atoms with Crippen LogP contribution in [0, 0.1) is 23.3 Å². The zero-order chi connectivity index (χ0) is 18.6. The molecule has 0 aliphatic heterocycles. The fourth-order valence-corrected chi connectivity index (χ4v) is 2.82. The van der Waals surface area contributed by atoms with E-state index in [0.717, 1.165) is 0 Å². The molecule has 0 saturated heterocycles. The molecule has 0 N–H and O–H groups in total. The summed E-state index contributed by atoms with van der Waals surface area (Å²) in [4.78, 5) is 0. The maximum absolute atomic E-state index is 14.4. The van der Waals surface area contributed by atoms with E-state index in [9.17, 15) is 52.7 Å². The standard InChI is InChI=1S/C12F12/c13-3-1-2(4(14)6(16)5(3)15)10(20)8(18)7(17)9(1,19)11(21,22)12(10,23)24. The molecule has 0 saturated carbocycles. The molecule has 0 amide bonds. The van der Waals surface area contributed by atoms with Gasteiger partial charge in [0.2, 0.25) is 0 Å². The molecule has 1 aromatic rings. The highest BCUT2D eigenvalue weighted by molar-refractivity contribution is 5.59. The molecule has 2 unspecified atom stereocenters. The van der Waals surface area contributed by atoms with Crippen LogP contribution in [0.4, 0.5) is 52.7 Å². The minimum absolute atomic E-state index is 2.91. The average molecular weight is 372 g/mol. The molecule has 3 aliphatic rings. The molecule has 4 rings (SSSR count). The Labute approximate surface area is 123 Å². The van der Waals surface area contributed by atoms with Crippen LogP contribution in [0.1, 0.15) is 11.1 Å². The van der Waals surface area contributed by atoms with E-state index in [0.29, 0.717) is 0 Å². The Bertz CT molecular complexity index is 757. The summed E-state index contributed by atoms with van der Waals surface area (Å²) in [5.41, 5.74) is -17.4. The van der Waals surface area contributed by atoms with E-state index in [2.05, 4.69) is 0 Å². The van der Waals surface area contributed by atoms with Gasteiger partial charge in [-0.2, -0.15) is 17.6 Å². The van der Waals surface area contributed by atoms with E-state index in [1.807, 2.05) is 0 Å². The Morgan fingerprint density at radius 1 is 0.417 bits per heavy atom. The number of alkyl halides is 6. The van der Waals surface area contributed by atoms with Crippen molar-refractivity contribution in [3.63, 3.8) is 0 Å². The van der Waals surface area contributed by atoms with Gasteiger partial charge < -0.3 is 0 Å². The second kappa shape index (κ2) is 4.02. The van der Waals surface area contributed by atoms with Gasteiger partial charge in [-0.05, 0) is 0 Å². The number of halogens is 12. The molecular weight excluding hydrogens is 372 g/mol. The lowest BCUT2D eigenvalue weighted by Crippen LogP contribution is -2.71. The van der Waals surface area contributed by atoms with Crippen molar-refractivity contribution in [2.24, 2.45) is 0 Å². The lowest BCUT2D eigenvalue weighted by atomic mass is 9.61. The fraction of sp³-hybridized carbons (Fsp3) is 0.333. The molecule has 0 radical (unpaired) electrons. The summed E-state index contributed by atoms with van der Waals surface area (Å²) in [6.07, 6.45) is 0. The molecule has 0 spiro atoms. The summed E-state index contributed by atoms with van der Waals surface area (Å²) >= 11 is 0. The quantitative estimate of drug-likeness (QED) is 0.341. The van der Waals surface area contributed by atoms with Crippen LogP contribution in [0.15, 0.2) is 11.7 Å². The molecule has 3 aliphatic carbocycles. The van der Waals surface area contributed by atoms with Gasteiger partial charge in [0.1, 0.15) is 0 Å². The molecule has 0 heterocycles. The van der Waals surface area contributed by atoms with Gasteiger partial charge in [0, 0.05) is 0 Å². The van der Waals surface area contributed by atoms with Gasteiger partial charge in [0.05, 0.1) is 11.1 Å². The first kappa shape index (κ1) is 17.0. The lowest BCUT2D eigenvalue weighted by Gasteiger charge is -2.52. The second-order valence-corrected chi connectivity index (χ2v) is 5.10. The van der Waals surface area contributed by atoms with Crippen molar-refractivity contribution in [1.29, 1.82) is 0 Å². The second-order valence-electron chi connectivity index (χ2n) is 5.10. The van der Waals surface area contributed by atoms with E-state index in [1.54, 1.807) is 0 Å². The first-order chi connectivity index (χ1) is 10.7. The highest BCUT2D eigenvalue weighted by Crippen LogP contribution is 2.73. The van der Waals surface area contributed by atoms with Crippen molar-refractivity contribution >= 4 is 0 Å². The highest BCUT2D eigenvalue weighted by Gasteiger charge is 2.91. The highest BCUT2D eigenvalue weighted by atomic mass is 19.3. The number of hydrogen-bond donors (Lipinski definition) is 0. The molecule has 2 bridgehead atoms. The number of fused-ring (bicyclic) bond motifs is 1. The third kappa shape index (κ3) is 1.24. The molecule has 0 aromatic heterocycles. The topological polar surface area (TPSA) is 0 Å². The molecule has 12 heteroatoms. The van der Waals surface area contributed by atoms with Crippen LogP contribution in [0.2, 0.25) is 0 Å². The summed E-state index contributed by atoms with van der Waals surface area (Å²) in [5, 5.41) is 0. The van der Waals surface area contributed by atoms with Crippen LogP contribution in [-0.2, 0) is 11.3 Å². The van der Waals surface area contributed by atoms with Crippen molar-refractivity contribution in [2.45, 2.75) is 23.2 Å². The maximum atomic E-state index is 14.4. The Morgan fingerprint density at radius 3 is 0.917 bits per heavy atom. The number of hydrogen-bond acceptors (Lipinski definition) is 0. The van der Waals surface area contributed by atoms with Crippen molar-refractivity contribution in [3.8, 4) is 0 Å². The van der Waals surface area contributed by atoms with Crippen molar-refractivity contribution in [1.82, 2.24) is 0 Å². The molecule has 0 fully saturated rings.